The fraction of sp³-hybridized carbons (Fsp3) is 0.182. The van der Waals surface area contributed by atoms with Crippen molar-refractivity contribution in [2.24, 2.45) is 5.11 Å². The van der Waals surface area contributed by atoms with Crippen LogP contribution < -0.4 is 0 Å². The van der Waals surface area contributed by atoms with Gasteiger partial charge in [0.25, 0.3) is 0 Å². The summed E-state index contributed by atoms with van der Waals surface area (Å²) >= 11 is 5.86. The Morgan fingerprint density at radius 1 is 1.50 bits per heavy atom. The van der Waals surface area contributed by atoms with E-state index in [0.717, 1.165) is 11.8 Å². The second-order valence-electron chi connectivity index (χ2n) is 3.04. The lowest BCUT2D eigenvalue weighted by molar-refractivity contribution is 0.112. The number of hydrogen-bond donors (Lipinski definition) is 0. The first kappa shape index (κ1) is 12.3. The van der Waals surface area contributed by atoms with Gasteiger partial charge in [-0.15, -0.1) is 0 Å². The molecule has 0 N–H and O–H groups in total. The molecule has 0 saturated heterocycles. The molecule has 1 aromatic carbocycles. The van der Waals surface area contributed by atoms with Gasteiger partial charge in [-0.1, -0.05) is 34.9 Å². The highest BCUT2D eigenvalue weighted by Crippen LogP contribution is 2.17. The van der Waals surface area contributed by atoms with Crippen LogP contribution in [0.25, 0.3) is 16.5 Å². The van der Waals surface area contributed by atoms with E-state index in [0.29, 0.717) is 23.6 Å². The first-order valence-corrected chi connectivity index (χ1v) is 5.08. The van der Waals surface area contributed by atoms with Crippen LogP contribution in [0.3, 0.4) is 0 Å². The summed E-state index contributed by atoms with van der Waals surface area (Å²) in [5, 5.41) is 3.84. The van der Waals surface area contributed by atoms with Gasteiger partial charge in [0.05, 0.1) is 5.02 Å². The van der Waals surface area contributed by atoms with E-state index in [-0.39, 0.29) is 0 Å². The van der Waals surface area contributed by atoms with Gasteiger partial charge in [0.2, 0.25) is 0 Å². The van der Waals surface area contributed by atoms with Gasteiger partial charge in [0.1, 0.15) is 0 Å². The minimum atomic E-state index is 0.437. The molecule has 16 heavy (non-hydrogen) atoms. The Morgan fingerprint density at radius 2 is 2.31 bits per heavy atom. The van der Waals surface area contributed by atoms with Crippen LogP contribution >= 0.6 is 11.6 Å². The monoisotopic (exact) mass is 235 g/mol. The van der Waals surface area contributed by atoms with Gasteiger partial charge in [-0.2, -0.15) is 0 Å². The van der Waals surface area contributed by atoms with E-state index in [1.165, 1.54) is 0 Å². The summed E-state index contributed by atoms with van der Waals surface area (Å²) in [5.74, 6) is 0. The second-order valence-corrected chi connectivity index (χ2v) is 3.45. The molecule has 4 nitrogen and oxygen atoms in total. The number of azide groups is 1. The highest BCUT2D eigenvalue weighted by molar-refractivity contribution is 6.33. The Balaban J connectivity index is 2.64. The molecular weight excluding hydrogens is 226 g/mol. The summed E-state index contributed by atoms with van der Waals surface area (Å²) in [7, 11) is 0. The average molecular weight is 236 g/mol. The molecule has 0 aliphatic heterocycles. The molecule has 0 fully saturated rings. The van der Waals surface area contributed by atoms with E-state index in [2.05, 4.69) is 10.0 Å². The third-order valence-electron chi connectivity index (χ3n) is 1.92. The number of benzene rings is 1. The van der Waals surface area contributed by atoms with Crippen LogP contribution in [0.4, 0.5) is 0 Å². The Kier molecular flexibility index (Phi) is 5.12. The molecule has 0 radical (unpaired) electrons. The molecule has 1 aromatic rings. The summed E-state index contributed by atoms with van der Waals surface area (Å²) in [5.41, 5.74) is 9.45. The maximum absolute atomic E-state index is 10.5. The Bertz CT molecular complexity index is 451. The van der Waals surface area contributed by atoms with Crippen molar-refractivity contribution in [3.8, 4) is 0 Å². The molecule has 0 amide bonds. The summed E-state index contributed by atoms with van der Waals surface area (Å²) in [6.45, 7) is 0.438. The van der Waals surface area contributed by atoms with Gasteiger partial charge in [-0.3, -0.25) is 4.79 Å². The number of halogens is 1. The molecule has 0 bridgehead atoms. The van der Waals surface area contributed by atoms with Gasteiger partial charge in [0, 0.05) is 17.0 Å². The van der Waals surface area contributed by atoms with Crippen molar-refractivity contribution in [1.82, 2.24) is 0 Å². The molecule has 0 aliphatic carbocycles. The van der Waals surface area contributed by atoms with Gasteiger partial charge in [-0.25, -0.2) is 0 Å². The summed E-state index contributed by atoms with van der Waals surface area (Å²) < 4.78 is 0. The third kappa shape index (κ3) is 3.77. The number of carbonyl (C=O) groups excluding carboxylic acids is 1. The molecule has 0 saturated carbocycles. The van der Waals surface area contributed by atoms with E-state index < -0.39 is 0 Å². The Morgan fingerprint density at radius 3 is 2.94 bits per heavy atom. The first-order valence-electron chi connectivity index (χ1n) is 4.70. The van der Waals surface area contributed by atoms with Crippen LogP contribution in [0.2, 0.25) is 5.02 Å². The molecule has 0 atom stereocenters. The fourth-order valence-electron chi connectivity index (χ4n) is 1.14. The normalized spacial score (nSPS) is 10.1. The number of hydrogen-bond acceptors (Lipinski definition) is 2. The van der Waals surface area contributed by atoms with Crippen LogP contribution in [-0.4, -0.2) is 12.8 Å². The Hall–Kier alpha value is -1.77. The highest BCUT2D eigenvalue weighted by atomic mass is 35.5. The van der Waals surface area contributed by atoms with Crippen molar-refractivity contribution in [2.75, 3.05) is 6.54 Å². The van der Waals surface area contributed by atoms with Crippen molar-refractivity contribution in [3.05, 3.63) is 50.9 Å². The predicted molar refractivity (Wildman–Crippen MR) is 64.5 cm³/mol. The van der Waals surface area contributed by atoms with Crippen LogP contribution in [0.1, 0.15) is 22.3 Å². The SMILES string of the molecule is [N-]=[N+]=NCCC=Cc1ccc(C=O)c(Cl)c1. The molecule has 0 spiro atoms. The summed E-state index contributed by atoms with van der Waals surface area (Å²) in [4.78, 5) is 13.2. The minimum absolute atomic E-state index is 0.437. The van der Waals surface area contributed by atoms with E-state index in [1.54, 1.807) is 18.2 Å². The molecule has 5 heteroatoms. The van der Waals surface area contributed by atoms with Gasteiger partial charge < -0.3 is 0 Å². The van der Waals surface area contributed by atoms with Crippen molar-refractivity contribution >= 4 is 24.0 Å². The summed E-state index contributed by atoms with van der Waals surface area (Å²) in [6, 6.07) is 5.19. The van der Waals surface area contributed by atoms with Crippen LogP contribution in [-0.2, 0) is 0 Å². The molecule has 0 aliphatic rings. The van der Waals surface area contributed by atoms with Gasteiger partial charge in [0.15, 0.2) is 6.29 Å². The number of carbonyl (C=O) groups is 1. The van der Waals surface area contributed by atoms with Crippen LogP contribution in [0, 0.1) is 0 Å². The molecule has 1 rings (SSSR count). The topological polar surface area (TPSA) is 65.8 Å². The van der Waals surface area contributed by atoms with Crippen molar-refractivity contribution in [3.63, 3.8) is 0 Å². The van der Waals surface area contributed by atoms with Crippen molar-refractivity contribution < 1.29 is 4.79 Å². The zero-order valence-electron chi connectivity index (χ0n) is 8.51. The minimum Gasteiger partial charge on any atom is -0.298 e. The first-order chi connectivity index (χ1) is 7.77. The molecule has 0 aromatic heterocycles. The lowest BCUT2D eigenvalue weighted by Gasteiger charge is -1.97. The number of nitrogens with zero attached hydrogens (tertiary/aromatic N) is 3. The highest BCUT2D eigenvalue weighted by Gasteiger charge is 1.97. The fourth-order valence-corrected chi connectivity index (χ4v) is 1.37. The quantitative estimate of drug-likeness (QED) is 0.251. The van der Waals surface area contributed by atoms with Crippen LogP contribution in [0.5, 0.6) is 0 Å². The zero-order valence-corrected chi connectivity index (χ0v) is 9.26. The maximum Gasteiger partial charge on any atom is 0.151 e. The third-order valence-corrected chi connectivity index (χ3v) is 2.25. The number of rotatable bonds is 5. The lowest BCUT2D eigenvalue weighted by atomic mass is 10.1. The van der Waals surface area contributed by atoms with Crippen molar-refractivity contribution in [1.29, 1.82) is 0 Å². The molecule has 0 unspecified atom stereocenters. The zero-order chi connectivity index (χ0) is 11.8. The number of aldehydes is 1. The average Bonchev–Trinajstić information content (AvgIpc) is 2.29. The molecule has 0 heterocycles. The van der Waals surface area contributed by atoms with E-state index in [4.69, 9.17) is 17.1 Å². The van der Waals surface area contributed by atoms with E-state index >= 15 is 0 Å². The lowest BCUT2D eigenvalue weighted by Crippen LogP contribution is -1.82. The maximum atomic E-state index is 10.5. The second kappa shape index (κ2) is 6.67. The molecule has 82 valence electrons. The van der Waals surface area contributed by atoms with Crippen molar-refractivity contribution in [2.45, 2.75) is 6.42 Å². The summed E-state index contributed by atoms with van der Waals surface area (Å²) in [6.07, 6.45) is 5.16. The van der Waals surface area contributed by atoms with Gasteiger partial charge >= 0.3 is 0 Å². The smallest absolute Gasteiger partial charge is 0.151 e. The van der Waals surface area contributed by atoms with Gasteiger partial charge in [-0.05, 0) is 29.6 Å². The van der Waals surface area contributed by atoms with E-state index in [9.17, 15) is 4.79 Å². The molecular formula is C11H10ClN3O. The standard InChI is InChI=1S/C11H10ClN3O/c12-11-7-9(4-5-10(11)8-16)3-1-2-6-14-15-13/h1,3-5,7-8H,2,6H2. The Labute approximate surface area is 98.2 Å². The van der Waals surface area contributed by atoms with E-state index in [1.807, 2.05) is 12.2 Å². The predicted octanol–water partition coefficient (Wildman–Crippen LogP) is 3.87. The largest absolute Gasteiger partial charge is 0.298 e. The van der Waals surface area contributed by atoms with Crippen LogP contribution in [0.15, 0.2) is 29.4 Å².